The van der Waals surface area contributed by atoms with E-state index in [-0.39, 0.29) is 5.57 Å². The van der Waals surface area contributed by atoms with Crippen LogP contribution >= 0.6 is 23.2 Å². The van der Waals surface area contributed by atoms with Crippen molar-refractivity contribution in [2.24, 2.45) is 0 Å². The average molecular weight is 217 g/mol. The highest BCUT2D eigenvalue weighted by Crippen LogP contribution is 2.18. The molecule has 0 atom stereocenters. The summed E-state index contributed by atoms with van der Waals surface area (Å²) in [5.74, 6) is -1.06. The molecular weight excluding hydrogens is 211 g/mol. The lowest BCUT2D eigenvalue weighted by Gasteiger charge is -2.00. The van der Waals surface area contributed by atoms with Gasteiger partial charge in [-0.2, -0.15) is 0 Å². The van der Waals surface area contributed by atoms with Crippen molar-refractivity contribution in [1.29, 1.82) is 0 Å². The van der Waals surface area contributed by atoms with Gasteiger partial charge in [-0.15, -0.1) is 0 Å². The number of hydrogen-bond acceptors (Lipinski definition) is 1. The van der Waals surface area contributed by atoms with E-state index in [1.54, 1.807) is 24.3 Å². The molecule has 68 valence electrons. The first-order valence-electron chi connectivity index (χ1n) is 3.44. The van der Waals surface area contributed by atoms with E-state index in [1.807, 2.05) is 0 Å². The highest BCUT2D eigenvalue weighted by atomic mass is 35.5. The van der Waals surface area contributed by atoms with Crippen LogP contribution in [0.4, 0.5) is 0 Å². The molecule has 0 heterocycles. The van der Waals surface area contributed by atoms with E-state index in [0.29, 0.717) is 10.6 Å². The summed E-state index contributed by atoms with van der Waals surface area (Å²) < 4.78 is 0. The lowest BCUT2D eigenvalue weighted by atomic mass is 10.1. The maximum absolute atomic E-state index is 10.6. The summed E-state index contributed by atoms with van der Waals surface area (Å²) in [6, 6.07) is 6.43. The van der Waals surface area contributed by atoms with E-state index >= 15 is 0 Å². The number of benzene rings is 1. The van der Waals surface area contributed by atoms with Crippen LogP contribution in [0, 0.1) is 0 Å². The molecule has 0 amide bonds. The van der Waals surface area contributed by atoms with Gasteiger partial charge in [-0.25, -0.2) is 4.79 Å². The molecule has 0 radical (unpaired) electrons. The van der Waals surface area contributed by atoms with E-state index in [1.165, 1.54) is 0 Å². The van der Waals surface area contributed by atoms with Gasteiger partial charge in [-0.1, -0.05) is 35.3 Å². The van der Waals surface area contributed by atoms with Crippen molar-refractivity contribution >= 4 is 34.7 Å². The number of carbonyl (C=O) groups is 1. The van der Waals surface area contributed by atoms with Crippen molar-refractivity contribution in [3.8, 4) is 0 Å². The Kier molecular flexibility index (Phi) is 3.34. The summed E-state index contributed by atoms with van der Waals surface area (Å²) in [7, 11) is 0. The first-order valence-corrected chi connectivity index (χ1v) is 4.26. The molecule has 0 aliphatic rings. The average Bonchev–Trinajstić information content (AvgIpc) is 2.09. The second kappa shape index (κ2) is 4.30. The van der Waals surface area contributed by atoms with Gasteiger partial charge in [0.2, 0.25) is 0 Å². The minimum atomic E-state index is -1.06. The van der Waals surface area contributed by atoms with Gasteiger partial charge in [0.25, 0.3) is 0 Å². The second-order valence-electron chi connectivity index (χ2n) is 2.33. The maximum Gasteiger partial charge on any atom is 0.337 e. The van der Waals surface area contributed by atoms with E-state index in [2.05, 4.69) is 0 Å². The van der Waals surface area contributed by atoms with Crippen molar-refractivity contribution < 1.29 is 9.90 Å². The molecule has 0 unspecified atom stereocenters. The van der Waals surface area contributed by atoms with Crippen molar-refractivity contribution in [3.63, 3.8) is 0 Å². The fourth-order valence-corrected chi connectivity index (χ4v) is 1.21. The third kappa shape index (κ3) is 2.47. The molecule has 1 aromatic carbocycles. The second-order valence-corrected chi connectivity index (χ2v) is 2.99. The number of aliphatic carboxylic acids is 1. The van der Waals surface area contributed by atoms with Crippen LogP contribution < -0.4 is 0 Å². The minimum Gasteiger partial charge on any atom is -0.478 e. The van der Waals surface area contributed by atoms with Crippen LogP contribution in [-0.4, -0.2) is 11.1 Å². The van der Waals surface area contributed by atoms with E-state index < -0.39 is 5.97 Å². The van der Waals surface area contributed by atoms with Crippen molar-refractivity contribution in [1.82, 2.24) is 0 Å². The summed E-state index contributed by atoms with van der Waals surface area (Å²) in [5, 5.41) is 9.27. The number of carboxylic acids is 1. The number of carboxylic acid groups (broad SMARTS) is 1. The number of rotatable bonds is 2. The van der Waals surface area contributed by atoms with Crippen LogP contribution in [0.5, 0.6) is 0 Å². The first kappa shape index (κ1) is 10.1. The Balaban J connectivity index is 3.07. The monoisotopic (exact) mass is 216 g/mol. The SMILES string of the molecule is O=C(O)C(=CCl)c1ccc(Cl)cc1. The van der Waals surface area contributed by atoms with Crippen LogP contribution in [0.1, 0.15) is 5.56 Å². The van der Waals surface area contributed by atoms with Gasteiger partial charge in [0.05, 0.1) is 5.57 Å². The molecule has 0 aromatic heterocycles. The van der Waals surface area contributed by atoms with Gasteiger partial charge in [0.15, 0.2) is 0 Å². The van der Waals surface area contributed by atoms with Crippen LogP contribution in [0.2, 0.25) is 5.02 Å². The summed E-state index contributed by atoms with van der Waals surface area (Å²) in [5.41, 5.74) is 1.62. The molecule has 2 nitrogen and oxygen atoms in total. The van der Waals surface area contributed by atoms with E-state index in [0.717, 1.165) is 5.54 Å². The fourth-order valence-electron chi connectivity index (χ4n) is 0.863. The summed E-state index contributed by atoms with van der Waals surface area (Å²) in [6.07, 6.45) is 0. The van der Waals surface area contributed by atoms with Crippen molar-refractivity contribution in [2.45, 2.75) is 0 Å². The Morgan fingerprint density at radius 3 is 2.23 bits per heavy atom. The summed E-state index contributed by atoms with van der Waals surface area (Å²) in [6.45, 7) is 0. The molecule has 4 heteroatoms. The molecule has 0 aliphatic heterocycles. The Bertz CT molecular complexity index is 341. The fraction of sp³-hybridized carbons (Fsp3) is 0. The number of halogens is 2. The van der Waals surface area contributed by atoms with Gasteiger partial charge < -0.3 is 5.11 Å². The zero-order valence-electron chi connectivity index (χ0n) is 6.50. The Morgan fingerprint density at radius 1 is 1.31 bits per heavy atom. The molecule has 0 bridgehead atoms. The first-order chi connectivity index (χ1) is 6.15. The Labute approximate surface area is 85.4 Å². The molecule has 13 heavy (non-hydrogen) atoms. The standard InChI is InChI=1S/C9H6Cl2O2/c10-5-8(9(12)13)6-1-3-7(11)4-2-6/h1-5H,(H,12,13). The van der Waals surface area contributed by atoms with Crippen LogP contribution in [0.15, 0.2) is 29.8 Å². The van der Waals surface area contributed by atoms with Crippen LogP contribution in [-0.2, 0) is 4.79 Å². The maximum atomic E-state index is 10.6. The highest BCUT2D eigenvalue weighted by molar-refractivity contribution is 6.34. The summed E-state index contributed by atoms with van der Waals surface area (Å²) in [4.78, 5) is 10.6. The van der Waals surface area contributed by atoms with Crippen LogP contribution in [0.3, 0.4) is 0 Å². The summed E-state index contributed by atoms with van der Waals surface area (Å²) >= 11 is 11.0. The Hall–Kier alpha value is -0.990. The van der Waals surface area contributed by atoms with Crippen molar-refractivity contribution in [2.75, 3.05) is 0 Å². The molecule has 0 saturated heterocycles. The topological polar surface area (TPSA) is 37.3 Å². The van der Waals surface area contributed by atoms with Gasteiger partial charge in [0.1, 0.15) is 0 Å². The third-order valence-corrected chi connectivity index (χ3v) is 1.96. The minimum absolute atomic E-state index is 0.0540. The molecule has 0 saturated carbocycles. The molecule has 0 spiro atoms. The van der Waals surface area contributed by atoms with E-state index in [9.17, 15) is 4.79 Å². The van der Waals surface area contributed by atoms with Gasteiger partial charge in [-0.05, 0) is 17.7 Å². The van der Waals surface area contributed by atoms with Gasteiger partial charge >= 0.3 is 5.97 Å². The molecular formula is C9H6Cl2O2. The molecule has 1 aromatic rings. The third-order valence-electron chi connectivity index (χ3n) is 1.49. The smallest absolute Gasteiger partial charge is 0.337 e. The molecule has 1 rings (SSSR count). The normalized spacial score (nSPS) is 11.4. The van der Waals surface area contributed by atoms with E-state index in [4.69, 9.17) is 28.3 Å². The van der Waals surface area contributed by atoms with Gasteiger partial charge in [-0.3, -0.25) is 0 Å². The predicted molar refractivity (Wildman–Crippen MR) is 52.9 cm³/mol. The highest BCUT2D eigenvalue weighted by Gasteiger charge is 2.08. The zero-order valence-corrected chi connectivity index (χ0v) is 8.01. The lowest BCUT2D eigenvalue weighted by Crippen LogP contribution is -1.98. The lowest BCUT2D eigenvalue weighted by molar-refractivity contribution is -0.130. The van der Waals surface area contributed by atoms with Crippen LogP contribution in [0.25, 0.3) is 5.57 Å². The number of hydrogen-bond donors (Lipinski definition) is 1. The zero-order chi connectivity index (χ0) is 9.84. The molecule has 1 N–H and O–H groups in total. The van der Waals surface area contributed by atoms with Crippen molar-refractivity contribution in [3.05, 3.63) is 40.4 Å². The molecule has 0 aliphatic carbocycles. The van der Waals surface area contributed by atoms with Gasteiger partial charge in [0, 0.05) is 10.6 Å². The Morgan fingerprint density at radius 2 is 1.85 bits per heavy atom. The molecule has 0 fully saturated rings. The quantitative estimate of drug-likeness (QED) is 0.773. The predicted octanol–water partition coefficient (Wildman–Crippen LogP) is 3.00. The largest absolute Gasteiger partial charge is 0.478 e.